The molecular formula is C16H34N2O2S. The van der Waals surface area contributed by atoms with Crippen LogP contribution in [-0.2, 0) is 9.84 Å². The molecule has 0 aliphatic carbocycles. The fourth-order valence-corrected chi connectivity index (χ4v) is 4.39. The Balaban J connectivity index is 2.65. The molecule has 1 fully saturated rings. The van der Waals surface area contributed by atoms with Gasteiger partial charge >= 0.3 is 0 Å². The summed E-state index contributed by atoms with van der Waals surface area (Å²) in [4.78, 5) is 2.41. The fraction of sp³-hybridized carbons (Fsp3) is 1.00. The van der Waals surface area contributed by atoms with E-state index in [-0.39, 0.29) is 0 Å². The standard InChI is InChI=1S/C16H34N2O2S/c1-6-8-21(19,20)9-7-18-12-16(14(4)5)17-11-15(18)10-13(2)3/h13-17H,6-12H2,1-5H3. The molecule has 4 nitrogen and oxygen atoms in total. The first kappa shape index (κ1) is 18.9. The van der Waals surface area contributed by atoms with Gasteiger partial charge in [0, 0.05) is 37.5 Å². The molecule has 21 heavy (non-hydrogen) atoms. The molecule has 2 unspecified atom stereocenters. The van der Waals surface area contributed by atoms with Gasteiger partial charge in [-0.15, -0.1) is 0 Å². The highest BCUT2D eigenvalue weighted by Crippen LogP contribution is 2.18. The maximum absolute atomic E-state index is 12.0. The van der Waals surface area contributed by atoms with Crippen LogP contribution in [0.3, 0.4) is 0 Å². The molecule has 126 valence electrons. The van der Waals surface area contributed by atoms with Crippen LogP contribution in [0.1, 0.15) is 47.5 Å². The minimum atomic E-state index is -2.88. The van der Waals surface area contributed by atoms with Gasteiger partial charge in [0.05, 0.1) is 5.75 Å². The van der Waals surface area contributed by atoms with Crippen molar-refractivity contribution in [1.82, 2.24) is 10.2 Å². The highest BCUT2D eigenvalue weighted by molar-refractivity contribution is 7.91. The molecule has 0 amide bonds. The first-order valence-corrected chi connectivity index (χ1v) is 10.2. The maximum Gasteiger partial charge on any atom is 0.151 e. The van der Waals surface area contributed by atoms with Crippen molar-refractivity contribution in [2.24, 2.45) is 11.8 Å². The third-order valence-electron chi connectivity index (χ3n) is 4.32. The van der Waals surface area contributed by atoms with Gasteiger partial charge in [-0.1, -0.05) is 34.6 Å². The van der Waals surface area contributed by atoms with E-state index < -0.39 is 9.84 Å². The largest absolute Gasteiger partial charge is 0.311 e. The second-order valence-corrected chi connectivity index (χ2v) is 9.49. The SMILES string of the molecule is CCCS(=O)(=O)CCN1CC(C(C)C)NCC1CC(C)C. The lowest BCUT2D eigenvalue weighted by Gasteiger charge is -2.42. The quantitative estimate of drug-likeness (QED) is 0.745. The van der Waals surface area contributed by atoms with Gasteiger partial charge in [-0.05, 0) is 24.7 Å². The van der Waals surface area contributed by atoms with Gasteiger partial charge in [0.25, 0.3) is 0 Å². The van der Waals surface area contributed by atoms with Gasteiger partial charge in [0.15, 0.2) is 9.84 Å². The third kappa shape index (κ3) is 6.66. The van der Waals surface area contributed by atoms with E-state index in [2.05, 4.69) is 37.9 Å². The Morgan fingerprint density at radius 3 is 2.38 bits per heavy atom. The van der Waals surface area contributed by atoms with Crippen LogP contribution in [-0.4, -0.2) is 56.5 Å². The van der Waals surface area contributed by atoms with Crippen LogP contribution in [0.5, 0.6) is 0 Å². The number of hydrogen-bond donors (Lipinski definition) is 1. The summed E-state index contributed by atoms with van der Waals surface area (Å²) in [7, 11) is -2.88. The van der Waals surface area contributed by atoms with E-state index >= 15 is 0 Å². The highest BCUT2D eigenvalue weighted by atomic mass is 32.2. The van der Waals surface area contributed by atoms with Gasteiger partial charge in [0.1, 0.15) is 0 Å². The Labute approximate surface area is 131 Å². The van der Waals surface area contributed by atoms with Crippen molar-refractivity contribution >= 4 is 9.84 Å². The third-order valence-corrected chi connectivity index (χ3v) is 6.15. The average molecular weight is 319 g/mol. The normalized spacial score (nSPS) is 24.9. The number of piperazine rings is 1. The summed E-state index contributed by atoms with van der Waals surface area (Å²) in [5.74, 6) is 1.85. The first-order chi connectivity index (χ1) is 9.75. The molecule has 0 spiro atoms. The molecule has 0 radical (unpaired) electrons. The van der Waals surface area contributed by atoms with Crippen molar-refractivity contribution in [2.75, 3.05) is 31.1 Å². The van der Waals surface area contributed by atoms with Crippen molar-refractivity contribution in [3.63, 3.8) is 0 Å². The van der Waals surface area contributed by atoms with E-state index in [0.717, 1.165) is 19.5 Å². The molecule has 1 N–H and O–H groups in total. The zero-order chi connectivity index (χ0) is 16.0. The Kier molecular flexibility index (Phi) is 7.65. The van der Waals surface area contributed by atoms with Gasteiger partial charge < -0.3 is 5.32 Å². The van der Waals surface area contributed by atoms with E-state index in [1.54, 1.807) is 0 Å². The van der Waals surface area contributed by atoms with Gasteiger partial charge in [-0.25, -0.2) is 8.42 Å². The summed E-state index contributed by atoms with van der Waals surface area (Å²) in [6.07, 6.45) is 1.85. The van der Waals surface area contributed by atoms with Gasteiger partial charge in [-0.2, -0.15) is 0 Å². The van der Waals surface area contributed by atoms with Crippen LogP contribution in [0.2, 0.25) is 0 Å². The van der Waals surface area contributed by atoms with Crippen LogP contribution >= 0.6 is 0 Å². The number of nitrogens with zero attached hydrogens (tertiary/aromatic N) is 1. The second-order valence-electron chi connectivity index (χ2n) is 7.19. The van der Waals surface area contributed by atoms with Crippen molar-refractivity contribution in [1.29, 1.82) is 0 Å². The lowest BCUT2D eigenvalue weighted by molar-refractivity contribution is 0.106. The Morgan fingerprint density at radius 2 is 1.86 bits per heavy atom. The Morgan fingerprint density at radius 1 is 1.19 bits per heavy atom. The summed E-state index contributed by atoms with van der Waals surface area (Å²) in [5.41, 5.74) is 0. The predicted molar refractivity (Wildman–Crippen MR) is 90.4 cm³/mol. The van der Waals surface area contributed by atoms with Crippen LogP contribution in [0.15, 0.2) is 0 Å². The van der Waals surface area contributed by atoms with E-state index in [1.165, 1.54) is 0 Å². The lowest BCUT2D eigenvalue weighted by Crippen LogP contribution is -2.59. The van der Waals surface area contributed by atoms with E-state index in [1.807, 2.05) is 6.92 Å². The first-order valence-electron chi connectivity index (χ1n) is 8.43. The van der Waals surface area contributed by atoms with Crippen molar-refractivity contribution in [2.45, 2.75) is 59.5 Å². The minimum absolute atomic E-state index is 0.306. The smallest absolute Gasteiger partial charge is 0.151 e. The Bertz CT molecular complexity index is 393. The lowest BCUT2D eigenvalue weighted by atomic mass is 9.95. The zero-order valence-corrected chi connectivity index (χ0v) is 15.2. The van der Waals surface area contributed by atoms with Crippen LogP contribution in [0.25, 0.3) is 0 Å². The average Bonchev–Trinajstić information content (AvgIpc) is 2.36. The minimum Gasteiger partial charge on any atom is -0.311 e. The summed E-state index contributed by atoms with van der Waals surface area (Å²) in [6, 6.07) is 0.944. The van der Waals surface area contributed by atoms with Crippen molar-refractivity contribution in [3.8, 4) is 0 Å². The molecule has 1 heterocycles. The number of rotatable bonds is 8. The monoisotopic (exact) mass is 318 g/mol. The highest BCUT2D eigenvalue weighted by Gasteiger charge is 2.30. The summed E-state index contributed by atoms with van der Waals surface area (Å²) < 4.78 is 24.0. The second kappa shape index (κ2) is 8.49. The number of sulfone groups is 1. The van der Waals surface area contributed by atoms with Crippen LogP contribution in [0, 0.1) is 11.8 Å². The molecule has 1 aliphatic heterocycles. The molecule has 0 aromatic rings. The Hall–Kier alpha value is -0.130. The fourth-order valence-electron chi connectivity index (χ4n) is 3.05. The van der Waals surface area contributed by atoms with Crippen molar-refractivity contribution < 1.29 is 8.42 Å². The molecule has 2 atom stereocenters. The molecule has 0 aromatic carbocycles. The molecule has 0 aromatic heterocycles. The van der Waals surface area contributed by atoms with Crippen molar-refractivity contribution in [3.05, 3.63) is 0 Å². The molecule has 5 heteroatoms. The maximum atomic E-state index is 12.0. The zero-order valence-electron chi connectivity index (χ0n) is 14.4. The summed E-state index contributed by atoms with van der Waals surface area (Å²) in [5, 5.41) is 3.64. The van der Waals surface area contributed by atoms with E-state index in [0.29, 0.717) is 48.4 Å². The molecule has 1 saturated heterocycles. The molecule has 1 aliphatic rings. The van der Waals surface area contributed by atoms with Gasteiger partial charge in [-0.3, -0.25) is 4.90 Å². The molecule has 1 rings (SSSR count). The summed E-state index contributed by atoms with van der Waals surface area (Å²) >= 11 is 0. The molecule has 0 bridgehead atoms. The molecule has 0 saturated carbocycles. The predicted octanol–water partition coefficient (Wildman–Crippen LogP) is 2.16. The van der Waals surface area contributed by atoms with Crippen LogP contribution < -0.4 is 5.32 Å². The van der Waals surface area contributed by atoms with E-state index in [9.17, 15) is 8.42 Å². The summed E-state index contributed by atoms with van der Waals surface area (Å²) in [6.45, 7) is 13.5. The van der Waals surface area contributed by atoms with E-state index in [4.69, 9.17) is 0 Å². The van der Waals surface area contributed by atoms with Gasteiger partial charge in [0.2, 0.25) is 0 Å². The topological polar surface area (TPSA) is 49.4 Å². The molecular weight excluding hydrogens is 284 g/mol. The van der Waals surface area contributed by atoms with Crippen LogP contribution in [0.4, 0.5) is 0 Å². The number of hydrogen-bond acceptors (Lipinski definition) is 4. The number of nitrogens with one attached hydrogen (secondary N) is 1.